The van der Waals surface area contributed by atoms with E-state index in [1.165, 1.54) is 30.2 Å². The second-order valence-electron chi connectivity index (χ2n) is 6.76. The van der Waals surface area contributed by atoms with Gasteiger partial charge in [0.05, 0.1) is 5.52 Å². The Labute approximate surface area is 131 Å². The molecule has 1 aromatic heterocycles. The third kappa shape index (κ3) is 2.01. The van der Waals surface area contributed by atoms with Crippen LogP contribution in [0.25, 0.3) is 10.9 Å². The predicted octanol–water partition coefficient (Wildman–Crippen LogP) is 3.33. The molecule has 1 aromatic carbocycles. The van der Waals surface area contributed by atoms with Crippen molar-refractivity contribution in [3.63, 3.8) is 0 Å². The predicted molar refractivity (Wildman–Crippen MR) is 88.2 cm³/mol. The highest BCUT2D eigenvalue weighted by molar-refractivity contribution is 5.92. The van der Waals surface area contributed by atoms with Gasteiger partial charge in [-0.1, -0.05) is 12.1 Å². The summed E-state index contributed by atoms with van der Waals surface area (Å²) in [5.74, 6) is 1.11. The highest BCUT2D eigenvalue weighted by Gasteiger charge is 2.46. The Bertz CT molecular complexity index is 689. The van der Waals surface area contributed by atoms with Crippen molar-refractivity contribution in [1.29, 1.82) is 0 Å². The monoisotopic (exact) mass is 297 g/mol. The standard InChI is InChI=1S/C18H23N3O/c1-13-4-3-5-15-16(13)17(20-12-19-15)21-9-6-18(14(21)2)7-10-22-11-8-18/h3-5,12,14H,6-11H2,1-2H3/t14-/m0/s1. The van der Waals surface area contributed by atoms with E-state index in [2.05, 4.69) is 46.9 Å². The Morgan fingerprint density at radius 2 is 2.00 bits per heavy atom. The summed E-state index contributed by atoms with van der Waals surface area (Å²) < 4.78 is 5.59. The van der Waals surface area contributed by atoms with Crippen LogP contribution in [0.1, 0.15) is 31.7 Å². The number of aryl methyl sites for hydroxylation is 1. The van der Waals surface area contributed by atoms with Gasteiger partial charge in [0.15, 0.2) is 0 Å². The van der Waals surface area contributed by atoms with E-state index in [9.17, 15) is 0 Å². The highest BCUT2D eigenvalue weighted by atomic mass is 16.5. The van der Waals surface area contributed by atoms with Gasteiger partial charge in [-0.2, -0.15) is 0 Å². The van der Waals surface area contributed by atoms with Crippen molar-refractivity contribution in [3.05, 3.63) is 30.1 Å². The number of ether oxygens (including phenoxy) is 1. The molecule has 0 amide bonds. The zero-order valence-electron chi connectivity index (χ0n) is 13.4. The van der Waals surface area contributed by atoms with Gasteiger partial charge >= 0.3 is 0 Å². The highest BCUT2D eigenvalue weighted by Crippen LogP contribution is 2.47. The van der Waals surface area contributed by atoms with Crippen molar-refractivity contribution in [2.45, 2.75) is 39.2 Å². The molecule has 4 heteroatoms. The summed E-state index contributed by atoms with van der Waals surface area (Å²) in [6.07, 6.45) is 5.30. The van der Waals surface area contributed by atoms with Crippen molar-refractivity contribution < 1.29 is 4.74 Å². The van der Waals surface area contributed by atoms with E-state index < -0.39 is 0 Å². The largest absolute Gasteiger partial charge is 0.381 e. The van der Waals surface area contributed by atoms with E-state index in [-0.39, 0.29) is 0 Å². The fourth-order valence-corrected chi connectivity index (χ4v) is 4.29. The number of aromatic nitrogens is 2. The van der Waals surface area contributed by atoms with E-state index in [0.717, 1.165) is 31.1 Å². The zero-order chi connectivity index (χ0) is 15.2. The molecule has 2 aliphatic rings. The number of nitrogens with zero attached hydrogens (tertiary/aromatic N) is 3. The summed E-state index contributed by atoms with van der Waals surface area (Å²) >= 11 is 0. The average Bonchev–Trinajstić information content (AvgIpc) is 2.85. The molecule has 116 valence electrons. The smallest absolute Gasteiger partial charge is 0.140 e. The molecule has 2 saturated heterocycles. The fourth-order valence-electron chi connectivity index (χ4n) is 4.29. The van der Waals surface area contributed by atoms with E-state index >= 15 is 0 Å². The van der Waals surface area contributed by atoms with Crippen molar-refractivity contribution >= 4 is 16.7 Å². The molecule has 2 aliphatic heterocycles. The van der Waals surface area contributed by atoms with Crippen molar-refractivity contribution in [3.8, 4) is 0 Å². The molecule has 2 fully saturated rings. The first kappa shape index (κ1) is 13.9. The first-order valence-electron chi connectivity index (χ1n) is 8.26. The Morgan fingerprint density at radius 1 is 1.18 bits per heavy atom. The lowest BCUT2D eigenvalue weighted by Gasteiger charge is -2.39. The lowest BCUT2D eigenvalue weighted by molar-refractivity contribution is 0.0128. The molecule has 0 bridgehead atoms. The van der Waals surface area contributed by atoms with Crippen LogP contribution in [0, 0.1) is 12.3 Å². The summed E-state index contributed by atoms with van der Waals surface area (Å²) in [7, 11) is 0. The van der Waals surface area contributed by atoms with Gasteiger partial charge in [-0.25, -0.2) is 9.97 Å². The van der Waals surface area contributed by atoms with Crippen LogP contribution in [-0.2, 0) is 4.74 Å². The number of rotatable bonds is 1. The van der Waals surface area contributed by atoms with Crippen LogP contribution >= 0.6 is 0 Å². The summed E-state index contributed by atoms with van der Waals surface area (Å²) in [5, 5.41) is 1.21. The topological polar surface area (TPSA) is 38.2 Å². The van der Waals surface area contributed by atoms with Gasteiger partial charge in [0, 0.05) is 31.2 Å². The first-order chi connectivity index (χ1) is 10.7. The van der Waals surface area contributed by atoms with E-state index in [1.54, 1.807) is 6.33 Å². The number of anilines is 1. The Morgan fingerprint density at radius 3 is 2.82 bits per heavy atom. The molecule has 0 unspecified atom stereocenters. The molecule has 4 nitrogen and oxygen atoms in total. The van der Waals surface area contributed by atoms with Crippen LogP contribution in [0.15, 0.2) is 24.5 Å². The molecule has 22 heavy (non-hydrogen) atoms. The summed E-state index contributed by atoms with van der Waals surface area (Å²) in [5.41, 5.74) is 2.71. The molecule has 1 spiro atoms. The van der Waals surface area contributed by atoms with Crippen LogP contribution in [0.4, 0.5) is 5.82 Å². The van der Waals surface area contributed by atoms with Gasteiger partial charge < -0.3 is 9.64 Å². The van der Waals surface area contributed by atoms with Crippen molar-refractivity contribution in [2.75, 3.05) is 24.7 Å². The molecule has 0 N–H and O–H groups in total. The van der Waals surface area contributed by atoms with Gasteiger partial charge in [0.25, 0.3) is 0 Å². The molecule has 0 aliphatic carbocycles. The average molecular weight is 297 g/mol. The van der Waals surface area contributed by atoms with Crippen molar-refractivity contribution in [1.82, 2.24) is 9.97 Å². The van der Waals surface area contributed by atoms with Crippen LogP contribution < -0.4 is 4.90 Å². The molecular weight excluding hydrogens is 274 g/mol. The van der Waals surface area contributed by atoms with Gasteiger partial charge in [0.2, 0.25) is 0 Å². The second-order valence-corrected chi connectivity index (χ2v) is 6.76. The number of hydrogen-bond donors (Lipinski definition) is 0. The summed E-state index contributed by atoms with van der Waals surface area (Å²) in [4.78, 5) is 11.6. The normalized spacial score (nSPS) is 24.3. The number of hydrogen-bond acceptors (Lipinski definition) is 4. The van der Waals surface area contributed by atoms with Crippen LogP contribution in [0.2, 0.25) is 0 Å². The maximum absolute atomic E-state index is 5.59. The van der Waals surface area contributed by atoms with Crippen molar-refractivity contribution in [2.24, 2.45) is 5.41 Å². The maximum atomic E-state index is 5.59. The molecule has 4 rings (SSSR count). The second kappa shape index (κ2) is 5.20. The van der Waals surface area contributed by atoms with Crippen LogP contribution in [0.3, 0.4) is 0 Å². The Kier molecular flexibility index (Phi) is 3.30. The van der Waals surface area contributed by atoms with E-state index in [1.807, 2.05) is 0 Å². The summed E-state index contributed by atoms with van der Waals surface area (Å²) in [6, 6.07) is 6.81. The fraction of sp³-hybridized carbons (Fsp3) is 0.556. The Hall–Kier alpha value is -1.68. The van der Waals surface area contributed by atoms with E-state index in [0.29, 0.717) is 11.5 Å². The van der Waals surface area contributed by atoms with Gasteiger partial charge in [-0.3, -0.25) is 0 Å². The first-order valence-corrected chi connectivity index (χ1v) is 8.26. The van der Waals surface area contributed by atoms with Gasteiger partial charge in [-0.15, -0.1) is 0 Å². The zero-order valence-corrected chi connectivity index (χ0v) is 13.4. The lowest BCUT2D eigenvalue weighted by atomic mass is 9.74. The Balaban J connectivity index is 1.77. The lowest BCUT2D eigenvalue weighted by Crippen LogP contribution is -2.41. The minimum atomic E-state index is 0.401. The number of benzene rings is 1. The minimum absolute atomic E-state index is 0.401. The van der Waals surface area contributed by atoms with Crippen LogP contribution in [-0.4, -0.2) is 35.8 Å². The molecule has 3 heterocycles. The van der Waals surface area contributed by atoms with Gasteiger partial charge in [-0.05, 0) is 50.2 Å². The molecule has 1 atom stereocenters. The van der Waals surface area contributed by atoms with Gasteiger partial charge in [0.1, 0.15) is 12.1 Å². The SMILES string of the molecule is Cc1cccc2ncnc(N3CCC4(CCOCC4)[C@@H]3C)c12. The minimum Gasteiger partial charge on any atom is -0.381 e. The van der Waals surface area contributed by atoms with Crippen LogP contribution in [0.5, 0.6) is 0 Å². The van der Waals surface area contributed by atoms with E-state index in [4.69, 9.17) is 4.74 Å². The molecule has 0 radical (unpaired) electrons. The summed E-state index contributed by atoms with van der Waals surface area (Å²) in [6.45, 7) is 7.41. The quantitative estimate of drug-likeness (QED) is 0.809. The molecule has 2 aromatic rings. The third-order valence-electron chi connectivity index (χ3n) is 5.82. The molecule has 0 saturated carbocycles. The maximum Gasteiger partial charge on any atom is 0.140 e. The third-order valence-corrected chi connectivity index (χ3v) is 5.82. The molecular formula is C18H23N3O. The number of fused-ring (bicyclic) bond motifs is 1.